The maximum absolute atomic E-state index is 13.7. The van der Waals surface area contributed by atoms with Crippen molar-refractivity contribution in [2.75, 3.05) is 30.6 Å². The van der Waals surface area contributed by atoms with Gasteiger partial charge in [0.15, 0.2) is 6.10 Å². The topological polar surface area (TPSA) is 84.9 Å². The summed E-state index contributed by atoms with van der Waals surface area (Å²) in [5, 5.41) is 3.43. The van der Waals surface area contributed by atoms with Crippen molar-refractivity contribution < 1.29 is 22.7 Å². The Morgan fingerprint density at radius 3 is 2.46 bits per heavy atom. The normalized spacial score (nSPS) is 19.0. The van der Waals surface area contributed by atoms with Crippen LogP contribution in [-0.4, -0.2) is 46.7 Å². The van der Waals surface area contributed by atoms with Gasteiger partial charge in [0.2, 0.25) is 0 Å². The van der Waals surface area contributed by atoms with Crippen LogP contribution in [0, 0.1) is 6.92 Å². The first kappa shape index (κ1) is 25.6. The van der Waals surface area contributed by atoms with E-state index in [1.807, 2.05) is 25.1 Å². The zero-order valence-electron chi connectivity index (χ0n) is 20.5. The Kier molecular flexibility index (Phi) is 7.16. The Morgan fingerprint density at radius 2 is 1.76 bits per heavy atom. The van der Waals surface area contributed by atoms with Gasteiger partial charge in [-0.1, -0.05) is 59.6 Å². The number of anilines is 1. The molecule has 1 amide bonds. The van der Waals surface area contributed by atoms with Gasteiger partial charge in [0, 0.05) is 30.2 Å². The van der Waals surface area contributed by atoms with E-state index < -0.39 is 16.1 Å². The molecule has 2 aliphatic heterocycles. The van der Waals surface area contributed by atoms with E-state index in [1.54, 1.807) is 42.5 Å². The van der Waals surface area contributed by atoms with Crippen molar-refractivity contribution >= 4 is 33.2 Å². The molecule has 9 heteroatoms. The van der Waals surface area contributed by atoms with Crippen LogP contribution in [0.25, 0.3) is 0 Å². The van der Waals surface area contributed by atoms with Crippen molar-refractivity contribution in [2.24, 2.45) is 0 Å². The molecule has 3 aromatic rings. The number of benzene rings is 3. The lowest BCUT2D eigenvalue weighted by Gasteiger charge is -2.39. The third-order valence-corrected chi connectivity index (χ3v) is 9.16. The molecule has 0 radical (unpaired) electrons. The lowest BCUT2D eigenvalue weighted by atomic mass is 9.74. The van der Waals surface area contributed by atoms with Crippen LogP contribution in [-0.2, 0) is 25.0 Å². The van der Waals surface area contributed by atoms with E-state index in [4.69, 9.17) is 21.1 Å². The summed E-state index contributed by atoms with van der Waals surface area (Å²) in [6.45, 7) is 3.35. The first-order valence-corrected chi connectivity index (χ1v) is 14.1. The second-order valence-corrected chi connectivity index (χ2v) is 11.8. The number of amides is 1. The van der Waals surface area contributed by atoms with E-state index in [0.717, 1.165) is 24.0 Å². The van der Waals surface area contributed by atoms with Crippen LogP contribution in [0.3, 0.4) is 0 Å². The predicted octanol–water partition coefficient (Wildman–Crippen LogP) is 4.47. The molecule has 0 saturated carbocycles. The molecule has 1 saturated heterocycles. The maximum atomic E-state index is 13.7. The number of carbonyl (C=O) groups excluding carboxylic acids is 1. The van der Waals surface area contributed by atoms with Gasteiger partial charge in [0.25, 0.3) is 15.9 Å². The highest BCUT2D eigenvalue weighted by atomic mass is 35.5. The van der Waals surface area contributed by atoms with Gasteiger partial charge in [-0.05, 0) is 55.7 Å². The largest absolute Gasteiger partial charge is 0.476 e. The molecular formula is C28H29ClN2O5S. The smallest absolute Gasteiger partial charge is 0.264 e. The standard InChI is InChI=1S/C28H29ClN2O5S/c1-20-7-10-23(11-8-20)37(33,34)31-18-26(36-25-12-9-22(29)17-24(25)31)27(32)30-19-28(13-15-35-16-14-28)21-5-3-2-4-6-21/h2-12,17,26H,13-16,18-19H2,1H3,(H,30,32)/t26-/m1/s1. The second-order valence-electron chi connectivity index (χ2n) is 9.54. The van der Waals surface area contributed by atoms with E-state index >= 15 is 0 Å². The van der Waals surface area contributed by atoms with Gasteiger partial charge in [-0.3, -0.25) is 9.10 Å². The van der Waals surface area contributed by atoms with Crippen molar-refractivity contribution in [3.63, 3.8) is 0 Å². The van der Waals surface area contributed by atoms with Crippen molar-refractivity contribution in [1.82, 2.24) is 5.32 Å². The number of ether oxygens (including phenoxy) is 2. The fourth-order valence-electron chi connectivity index (χ4n) is 4.92. The minimum Gasteiger partial charge on any atom is -0.476 e. The number of hydrogen-bond donors (Lipinski definition) is 1. The summed E-state index contributed by atoms with van der Waals surface area (Å²) in [4.78, 5) is 13.6. The number of sulfonamides is 1. The highest BCUT2D eigenvalue weighted by Crippen LogP contribution is 2.39. The van der Waals surface area contributed by atoms with E-state index in [-0.39, 0.29) is 28.5 Å². The molecule has 194 valence electrons. The van der Waals surface area contributed by atoms with Crippen molar-refractivity contribution in [1.29, 1.82) is 0 Å². The Hall–Kier alpha value is -3.07. The van der Waals surface area contributed by atoms with Crippen LogP contribution in [0.2, 0.25) is 5.02 Å². The van der Waals surface area contributed by atoms with Gasteiger partial charge < -0.3 is 14.8 Å². The number of aryl methyl sites for hydroxylation is 1. The van der Waals surface area contributed by atoms with Crippen LogP contribution in [0.1, 0.15) is 24.0 Å². The van der Waals surface area contributed by atoms with Gasteiger partial charge >= 0.3 is 0 Å². The number of fused-ring (bicyclic) bond motifs is 1. The van der Waals surface area contributed by atoms with Crippen molar-refractivity contribution in [2.45, 2.75) is 36.2 Å². The van der Waals surface area contributed by atoms with E-state index in [0.29, 0.717) is 30.5 Å². The molecule has 5 rings (SSSR count). The summed E-state index contributed by atoms with van der Waals surface area (Å²) >= 11 is 6.20. The predicted molar refractivity (Wildman–Crippen MR) is 143 cm³/mol. The Bertz CT molecular complexity index is 1370. The minimum atomic E-state index is -3.97. The van der Waals surface area contributed by atoms with E-state index in [2.05, 4.69) is 17.4 Å². The quantitative estimate of drug-likeness (QED) is 0.498. The molecule has 1 atom stereocenters. The highest BCUT2D eigenvalue weighted by molar-refractivity contribution is 7.92. The third-order valence-electron chi connectivity index (χ3n) is 7.13. The van der Waals surface area contributed by atoms with Gasteiger partial charge in [-0.2, -0.15) is 0 Å². The van der Waals surface area contributed by atoms with Crippen molar-refractivity contribution in [3.8, 4) is 5.75 Å². The summed E-state index contributed by atoms with van der Waals surface area (Å²) in [6, 6.07) is 21.5. The fraction of sp³-hybridized carbons (Fsp3) is 0.321. The zero-order chi connectivity index (χ0) is 26.0. The lowest BCUT2D eigenvalue weighted by molar-refractivity contribution is -0.128. The molecule has 37 heavy (non-hydrogen) atoms. The number of nitrogens with zero attached hydrogens (tertiary/aromatic N) is 1. The Labute approximate surface area is 222 Å². The summed E-state index contributed by atoms with van der Waals surface area (Å²) in [6.07, 6.45) is 0.525. The average molecular weight is 541 g/mol. The Balaban J connectivity index is 1.41. The molecule has 2 aliphatic rings. The first-order valence-electron chi connectivity index (χ1n) is 12.3. The summed E-state index contributed by atoms with van der Waals surface area (Å²) < 4.78 is 40.1. The maximum Gasteiger partial charge on any atom is 0.264 e. The molecule has 0 aliphatic carbocycles. The molecule has 0 bridgehead atoms. The van der Waals surface area contributed by atoms with Crippen LogP contribution in [0.5, 0.6) is 5.75 Å². The average Bonchev–Trinajstić information content (AvgIpc) is 2.92. The number of carbonyl (C=O) groups is 1. The molecule has 1 fully saturated rings. The summed E-state index contributed by atoms with van der Waals surface area (Å²) in [7, 11) is -3.97. The van der Waals surface area contributed by atoms with E-state index in [1.165, 1.54) is 4.31 Å². The van der Waals surface area contributed by atoms with Crippen LogP contribution >= 0.6 is 11.6 Å². The van der Waals surface area contributed by atoms with E-state index in [9.17, 15) is 13.2 Å². The molecular weight excluding hydrogens is 512 g/mol. The SMILES string of the molecule is Cc1ccc(S(=O)(=O)N2C[C@H](C(=O)NCC3(c4ccccc4)CCOCC3)Oc3ccc(Cl)cc32)cc1. The monoisotopic (exact) mass is 540 g/mol. The van der Waals surface area contributed by atoms with Crippen LogP contribution in [0.4, 0.5) is 5.69 Å². The number of nitrogens with one attached hydrogen (secondary N) is 1. The third kappa shape index (κ3) is 5.19. The molecule has 0 unspecified atom stereocenters. The molecule has 0 aromatic heterocycles. The van der Waals surface area contributed by atoms with Crippen LogP contribution in [0.15, 0.2) is 77.7 Å². The molecule has 0 spiro atoms. The summed E-state index contributed by atoms with van der Waals surface area (Å²) in [5.74, 6) is -0.0816. The number of halogens is 1. The van der Waals surface area contributed by atoms with Gasteiger partial charge in [0.05, 0.1) is 17.1 Å². The fourth-order valence-corrected chi connectivity index (χ4v) is 6.55. The highest BCUT2D eigenvalue weighted by Gasteiger charge is 2.40. The molecule has 7 nitrogen and oxygen atoms in total. The summed E-state index contributed by atoms with van der Waals surface area (Å²) in [5.41, 5.74) is 2.14. The number of rotatable bonds is 6. The van der Waals surface area contributed by atoms with Crippen molar-refractivity contribution in [3.05, 3.63) is 88.9 Å². The van der Waals surface area contributed by atoms with Gasteiger partial charge in [-0.15, -0.1) is 0 Å². The van der Waals surface area contributed by atoms with Gasteiger partial charge in [-0.25, -0.2) is 8.42 Å². The molecule has 1 N–H and O–H groups in total. The zero-order valence-corrected chi connectivity index (χ0v) is 22.1. The van der Waals surface area contributed by atoms with Crippen LogP contribution < -0.4 is 14.4 Å². The van der Waals surface area contributed by atoms with Gasteiger partial charge in [0.1, 0.15) is 5.75 Å². The molecule has 3 aromatic carbocycles. The molecule has 2 heterocycles. The number of hydrogen-bond acceptors (Lipinski definition) is 5. The first-order chi connectivity index (χ1) is 17.8. The lowest BCUT2D eigenvalue weighted by Crippen LogP contribution is -2.53. The second kappa shape index (κ2) is 10.4. The minimum absolute atomic E-state index is 0.135. The Morgan fingerprint density at radius 1 is 1.05 bits per heavy atom.